The van der Waals surface area contributed by atoms with Crippen LogP contribution in [0.4, 0.5) is 10.1 Å². The maximum atomic E-state index is 13.5. The average Bonchev–Trinajstić information content (AvgIpc) is 2.36. The maximum Gasteiger partial charge on any atom is 0.256 e. The van der Waals surface area contributed by atoms with Crippen LogP contribution in [0, 0.1) is 17.7 Å². The van der Waals surface area contributed by atoms with Crippen molar-refractivity contribution in [3.63, 3.8) is 0 Å². The Labute approximate surface area is 113 Å². The summed E-state index contributed by atoms with van der Waals surface area (Å²) in [6.45, 7) is 7.04. The average molecular weight is 264 g/mol. The predicted octanol–water partition coefficient (Wildman–Crippen LogP) is 2.91. The topological polar surface area (TPSA) is 46.3 Å². The molecule has 0 saturated carbocycles. The molecular weight excluding hydrogens is 243 g/mol. The van der Waals surface area contributed by atoms with Crippen LogP contribution in [0.3, 0.4) is 0 Å². The van der Waals surface area contributed by atoms with Gasteiger partial charge in [0.2, 0.25) is 0 Å². The highest BCUT2D eigenvalue weighted by Gasteiger charge is 2.33. The van der Waals surface area contributed by atoms with Gasteiger partial charge in [-0.25, -0.2) is 4.39 Å². The molecule has 1 fully saturated rings. The Hall–Kier alpha value is -1.58. The fourth-order valence-electron chi connectivity index (χ4n) is 2.86. The van der Waals surface area contributed by atoms with Crippen LogP contribution in [0.25, 0.3) is 0 Å². The van der Waals surface area contributed by atoms with Crippen molar-refractivity contribution in [2.45, 2.75) is 33.2 Å². The van der Waals surface area contributed by atoms with E-state index in [9.17, 15) is 9.18 Å². The van der Waals surface area contributed by atoms with Crippen LogP contribution in [-0.4, -0.2) is 23.4 Å². The standard InChI is InChI=1S/C15H21FN2O/c1-9-7-10(2)11(3)18(8-9)15(19)12-5-4-6-13(16)14(12)17/h4-6,9-11H,7-8,17H2,1-3H3. The molecule has 19 heavy (non-hydrogen) atoms. The van der Waals surface area contributed by atoms with Gasteiger partial charge in [0.25, 0.3) is 5.91 Å². The molecule has 4 heteroatoms. The first kappa shape index (κ1) is 13.8. The molecule has 0 spiro atoms. The first-order chi connectivity index (χ1) is 8.91. The molecular formula is C15H21FN2O. The van der Waals surface area contributed by atoms with E-state index in [1.807, 2.05) is 11.8 Å². The largest absolute Gasteiger partial charge is 0.396 e. The molecule has 0 aromatic heterocycles. The van der Waals surface area contributed by atoms with Gasteiger partial charge in [0.15, 0.2) is 0 Å². The van der Waals surface area contributed by atoms with E-state index in [0.29, 0.717) is 18.4 Å². The molecule has 1 saturated heterocycles. The van der Waals surface area contributed by atoms with Crippen molar-refractivity contribution in [2.24, 2.45) is 11.8 Å². The molecule has 3 nitrogen and oxygen atoms in total. The van der Waals surface area contributed by atoms with Crippen molar-refractivity contribution in [3.8, 4) is 0 Å². The van der Waals surface area contributed by atoms with Gasteiger partial charge in [-0.3, -0.25) is 4.79 Å². The number of halogens is 1. The lowest BCUT2D eigenvalue weighted by atomic mass is 9.85. The number of piperidine rings is 1. The fourth-order valence-corrected chi connectivity index (χ4v) is 2.86. The van der Waals surface area contributed by atoms with E-state index >= 15 is 0 Å². The smallest absolute Gasteiger partial charge is 0.256 e. The summed E-state index contributed by atoms with van der Waals surface area (Å²) in [5, 5.41) is 0. The van der Waals surface area contributed by atoms with Crippen molar-refractivity contribution in [3.05, 3.63) is 29.6 Å². The maximum absolute atomic E-state index is 13.5. The molecule has 3 atom stereocenters. The summed E-state index contributed by atoms with van der Waals surface area (Å²) in [6.07, 6.45) is 1.11. The quantitative estimate of drug-likeness (QED) is 0.793. The molecule has 0 aliphatic carbocycles. The highest BCUT2D eigenvalue weighted by molar-refractivity contribution is 5.99. The van der Waals surface area contributed by atoms with E-state index < -0.39 is 5.82 Å². The van der Waals surface area contributed by atoms with Gasteiger partial charge in [0.1, 0.15) is 5.82 Å². The number of nitrogens with two attached hydrogens (primary N) is 1. The summed E-state index contributed by atoms with van der Waals surface area (Å²) in [4.78, 5) is 14.4. The minimum Gasteiger partial charge on any atom is -0.396 e. The van der Waals surface area contributed by atoms with E-state index in [0.717, 1.165) is 6.42 Å². The highest BCUT2D eigenvalue weighted by Crippen LogP contribution is 2.29. The van der Waals surface area contributed by atoms with Crippen molar-refractivity contribution >= 4 is 11.6 Å². The molecule has 104 valence electrons. The van der Waals surface area contributed by atoms with Gasteiger partial charge in [-0.05, 0) is 37.3 Å². The van der Waals surface area contributed by atoms with Crippen LogP contribution >= 0.6 is 0 Å². The van der Waals surface area contributed by atoms with E-state index in [1.54, 1.807) is 6.07 Å². The molecule has 1 aliphatic heterocycles. The van der Waals surface area contributed by atoms with Gasteiger partial charge < -0.3 is 10.6 Å². The summed E-state index contributed by atoms with van der Waals surface area (Å²) in [5.74, 6) is 0.215. The third-order valence-corrected chi connectivity index (χ3v) is 4.14. The van der Waals surface area contributed by atoms with Crippen LogP contribution in [0.1, 0.15) is 37.6 Å². The van der Waals surface area contributed by atoms with E-state index in [1.165, 1.54) is 12.1 Å². The number of amides is 1. The lowest BCUT2D eigenvalue weighted by Crippen LogP contribution is -2.49. The van der Waals surface area contributed by atoms with Crippen molar-refractivity contribution in [2.75, 3.05) is 12.3 Å². The van der Waals surface area contributed by atoms with Crippen molar-refractivity contribution in [1.29, 1.82) is 0 Å². The number of rotatable bonds is 1. The van der Waals surface area contributed by atoms with Gasteiger partial charge in [0.05, 0.1) is 11.3 Å². The second kappa shape index (κ2) is 5.19. The van der Waals surface area contributed by atoms with E-state index in [2.05, 4.69) is 13.8 Å². The number of anilines is 1. The molecule has 0 radical (unpaired) electrons. The monoisotopic (exact) mass is 264 g/mol. The molecule has 2 rings (SSSR count). The number of carbonyl (C=O) groups excluding carboxylic acids is 1. The molecule has 1 aromatic rings. The highest BCUT2D eigenvalue weighted by atomic mass is 19.1. The van der Waals surface area contributed by atoms with Gasteiger partial charge in [-0.1, -0.05) is 19.9 Å². The second-order valence-corrected chi connectivity index (χ2v) is 5.72. The van der Waals surface area contributed by atoms with E-state index in [-0.39, 0.29) is 23.2 Å². The lowest BCUT2D eigenvalue weighted by Gasteiger charge is -2.41. The first-order valence-corrected chi connectivity index (χ1v) is 6.76. The minimum atomic E-state index is -0.531. The fraction of sp³-hybridized carbons (Fsp3) is 0.533. The number of likely N-dealkylation sites (tertiary alicyclic amines) is 1. The Kier molecular flexibility index (Phi) is 3.78. The molecule has 1 amide bonds. The number of nitrogens with zero attached hydrogens (tertiary/aromatic N) is 1. The Balaban J connectivity index is 2.30. The van der Waals surface area contributed by atoms with Crippen LogP contribution in [0.5, 0.6) is 0 Å². The summed E-state index contributed by atoms with van der Waals surface area (Å²) in [7, 11) is 0. The zero-order valence-corrected chi connectivity index (χ0v) is 11.7. The Morgan fingerprint density at radius 2 is 2.05 bits per heavy atom. The second-order valence-electron chi connectivity index (χ2n) is 5.72. The summed E-state index contributed by atoms with van der Waals surface area (Å²) in [5.41, 5.74) is 5.90. The SMILES string of the molecule is CC1CC(C)C(C)N(C(=O)c2cccc(F)c2N)C1. The van der Waals surface area contributed by atoms with E-state index in [4.69, 9.17) is 5.73 Å². The molecule has 1 heterocycles. The predicted molar refractivity (Wildman–Crippen MR) is 74.3 cm³/mol. The first-order valence-electron chi connectivity index (χ1n) is 6.76. The minimum absolute atomic E-state index is 0.0504. The molecule has 1 aliphatic rings. The number of hydrogen-bond acceptors (Lipinski definition) is 2. The molecule has 2 N–H and O–H groups in total. The van der Waals surface area contributed by atoms with Gasteiger partial charge >= 0.3 is 0 Å². The van der Waals surface area contributed by atoms with Crippen molar-refractivity contribution < 1.29 is 9.18 Å². The summed E-state index contributed by atoms with van der Waals surface area (Å²) >= 11 is 0. The Morgan fingerprint density at radius 1 is 1.37 bits per heavy atom. The number of para-hydroxylation sites is 1. The Morgan fingerprint density at radius 3 is 2.74 bits per heavy atom. The van der Waals surface area contributed by atoms with Crippen LogP contribution in [0.15, 0.2) is 18.2 Å². The number of carbonyl (C=O) groups is 1. The molecule has 0 bridgehead atoms. The zero-order chi connectivity index (χ0) is 14.2. The summed E-state index contributed by atoms with van der Waals surface area (Å²) in [6, 6.07) is 4.56. The Bertz CT molecular complexity index is 489. The zero-order valence-electron chi connectivity index (χ0n) is 11.7. The molecule has 1 aromatic carbocycles. The summed E-state index contributed by atoms with van der Waals surface area (Å²) < 4.78 is 13.5. The van der Waals surface area contributed by atoms with Gasteiger partial charge in [0, 0.05) is 12.6 Å². The van der Waals surface area contributed by atoms with Gasteiger partial charge in [-0.15, -0.1) is 0 Å². The third kappa shape index (κ3) is 2.57. The number of nitrogen functional groups attached to an aromatic ring is 1. The lowest BCUT2D eigenvalue weighted by molar-refractivity contribution is 0.0456. The van der Waals surface area contributed by atoms with Crippen molar-refractivity contribution in [1.82, 2.24) is 4.90 Å². The van der Waals surface area contributed by atoms with Crippen LogP contribution in [0.2, 0.25) is 0 Å². The van der Waals surface area contributed by atoms with Gasteiger partial charge in [-0.2, -0.15) is 0 Å². The normalized spacial score (nSPS) is 27.4. The van der Waals surface area contributed by atoms with Crippen LogP contribution < -0.4 is 5.73 Å². The third-order valence-electron chi connectivity index (χ3n) is 4.14. The van der Waals surface area contributed by atoms with Crippen LogP contribution in [-0.2, 0) is 0 Å². The number of benzene rings is 1. The molecule has 3 unspecified atom stereocenters. The number of hydrogen-bond donors (Lipinski definition) is 1.